The molecule has 2 aliphatic carbocycles. The number of hydrogen-bond donors (Lipinski definition) is 1. The monoisotopic (exact) mass is 588 g/mol. The summed E-state index contributed by atoms with van der Waals surface area (Å²) in [6.07, 6.45) is -0.451. The summed E-state index contributed by atoms with van der Waals surface area (Å²) in [6.45, 7) is 5.23. The second kappa shape index (κ2) is 11.5. The van der Waals surface area contributed by atoms with Gasteiger partial charge in [0, 0.05) is 41.6 Å². The van der Waals surface area contributed by atoms with Crippen molar-refractivity contribution < 1.29 is 41.7 Å². The van der Waals surface area contributed by atoms with Crippen LogP contribution in [0.1, 0.15) is 61.8 Å². The Morgan fingerprint density at radius 1 is 1.07 bits per heavy atom. The van der Waals surface area contributed by atoms with Gasteiger partial charge in [-0.05, 0) is 74.8 Å². The Bertz CT molecular complexity index is 1470. The van der Waals surface area contributed by atoms with Crippen LogP contribution in [0.2, 0.25) is 0 Å². The Morgan fingerprint density at radius 2 is 1.81 bits per heavy atom. The Hall–Kier alpha value is -3.73. The molecule has 0 radical (unpaired) electrons. The minimum absolute atomic E-state index is 0.0556. The van der Waals surface area contributed by atoms with Crippen molar-refractivity contribution in [1.29, 1.82) is 0 Å². The molecule has 2 aliphatic rings. The van der Waals surface area contributed by atoms with E-state index in [0.717, 1.165) is 29.5 Å². The molecule has 0 amide bonds. The zero-order valence-corrected chi connectivity index (χ0v) is 23.5. The lowest BCUT2D eigenvalue weighted by Crippen LogP contribution is -2.19. The van der Waals surface area contributed by atoms with Crippen LogP contribution in [0.5, 0.6) is 11.8 Å². The van der Waals surface area contributed by atoms with E-state index >= 15 is 0 Å². The minimum atomic E-state index is -4.71. The number of hydrogen-bond acceptors (Lipinski definition) is 7. The van der Waals surface area contributed by atoms with E-state index in [1.54, 1.807) is 33.0 Å². The molecule has 11 heteroatoms. The van der Waals surface area contributed by atoms with Crippen molar-refractivity contribution in [1.82, 2.24) is 9.97 Å². The number of ether oxygens (including phenoxy) is 3. The molecule has 2 heterocycles. The normalized spacial score (nSPS) is 19.2. The number of pyridine rings is 2. The summed E-state index contributed by atoms with van der Waals surface area (Å²) in [6, 6.07) is 6.24. The predicted molar refractivity (Wildman–Crippen MR) is 144 cm³/mol. The lowest BCUT2D eigenvalue weighted by molar-refractivity contribution is -0.145. The zero-order valence-electron chi connectivity index (χ0n) is 23.5. The van der Waals surface area contributed by atoms with Crippen molar-refractivity contribution >= 4 is 5.97 Å². The number of esters is 1. The van der Waals surface area contributed by atoms with Crippen LogP contribution in [0.4, 0.5) is 17.6 Å². The SMILES string of the molecule is CCOC(=O)[C@H]1[C@@H]2Cc3cc(OCc4cc(-c5cnc(OCCCC(C)(C)O)cc5C(F)(F)F)ccc4F)ncc3[C@@H]21. The molecule has 0 aliphatic heterocycles. The quantitative estimate of drug-likeness (QED) is 0.161. The Kier molecular flexibility index (Phi) is 8.15. The van der Waals surface area contributed by atoms with Gasteiger partial charge < -0.3 is 19.3 Å². The summed E-state index contributed by atoms with van der Waals surface area (Å²) in [4.78, 5) is 20.4. The number of halogens is 4. The molecule has 42 heavy (non-hydrogen) atoms. The maximum absolute atomic E-state index is 14.7. The first-order valence-electron chi connectivity index (χ1n) is 13.8. The van der Waals surface area contributed by atoms with Gasteiger partial charge >= 0.3 is 12.1 Å². The molecule has 2 aromatic heterocycles. The van der Waals surface area contributed by atoms with Crippen LogP contribution in [-0.4, -0.2) is 39.9 Å². The van der Waals surface area contributed by atoms with Crippen LogP contribution < -0.4 is 9.47 Å². The first-order chi connectivity index (χ1) is 19.9. The average Bonchev–Trinajstić information content (AvgIpc) is 3.51. The molecule has 0 saturated heterocycles. The highest BCUT2D eigenvalue weighted by molar-refractivity contribution is 5.79. The van der Waals surface area contributed by atoms with E-state index in [2.05, 4.69) is 9.97 Å². The third kappa shape index (κ3) is 6.51. The lowest BCUT2D eigenvalue weighted by Gasteiger charge is -2.17. The molecule has 1 N–H and O–H groups in total. The molecule has 5 rings (SSSR count). The van der Waals surface area contributed by atoms with Crippen LogP contribution in [0.3, 0.4) is 0 Å². The van der Waals surface area contributed by atoms with E-state index in [9.17, 15) is 27.5 Å². The van der Waals surface area contributed by atoms with E-state index in [4.69, 9.17) is 14.2 Å². The highest BCUT2D eigenvalue weighted by Gasteiger charge is 2.60. The molecule has 0 spiro atoms. The van der Waals surface area contributed by atoms with Gasteiger partial charge in [-0.2, -0.15) is 13.2 Å². The number of aromatic nitrogens is 2. The van der Waals surface area contributed by atoms with Gasteiger partial charge in [0.15, 0.2) is 0 Å². The first kappa shape index (κ1) is 29.8. The van der Waals surface area contributed by atoms with Gasteiger partial charge in [0.2, 0.25) is 11.8 Å². The maximum Gasteiger partial charge on any atom is 0.417 e. The van der Waals surface area contributed by atoms with Crippen molar-refractivity contribution in [2.24, 2.45) is 11.8 Å². The van der Waals surface area contributed by atoms with Crippen molar-refractivity contribution in [3.8, 4) is 22.9 Å². The van der Waals surface area contributed by atoms with Gasteiger partial charge in [-0.3, -0.25) is 4.79 Å². The first-order valence-corrected chi connectivity index (χ1v) is 13.8. The Labute approximate surface area is 240 Å². The summed E-state index contributed by atoms with van der Waals surface area (Å²) in [5.74, 6) is -0.619. The molecular formula is C31H32F4N2O5. The topological polar surface area (TPSA) is 90.8 Å². The predicted octanol–water partition coefficient (Wildman–Crippen LogP) is 6.26. The number of alkyl halides is 3. The number of nitrogens with zero attached hydrogens (tertiary/aromatic N) is 2. The van der Waals surface area contributed by atoms with Crippen LogP contribution >= 0.6 is 0 Å². The lowest BCUT2D eigenvalue weighted by atomic mass is 9.99. The number of carbonyl (C=O) groups excluding carboxylic acids is 1. The molecule has 0 unspecified atom stereocenters. The van der Waals surface area contributed by atoms with E-state index in [1.807, 2.05) is 0 Å². The second-order valence-electron chi connectivity index (χ2n) is 11.3. The fraction of sp³-hybridized carbons (Fsp3) is 0.452. The third-order valence-corrected chi connectivity index (χ3v) is 7.64. The summed E-state index contributed by atoms with van der Waals surface area (Å²) in [5.41, 5.74) is 0.0688. The minimum Gasteiger partial charge on any atom is -0.478 e. The summed E-state index contributed by atoms with van der Waals surface area (Å²) in [5, 5.41) is 9.79. The molecule has 3 atom stereocenters. The van der Waals surface area contributed by atoms with Gasteiger partial charge in [-0.15, -0.1) is 0 Å². The maximum atomic E-state index is 14.7. The number of fused-ring (bicyclic) bond motifs is 3. The summed E-state index contributed by atoms with van der Waals surface area (Å²) >= 11 is 0. The summed E-state index contributed by atoms with van der Waals surface area (Å²) < 4.78 is 73.0. The van der Waals surface area contributed by atoms with E-state index < -0.39 is 23.2 Å². The Balaban J connectivity index is 1.28. The van der Waals surface area contributed by atoms with Gasteiger partial charge in [0.25, 0.3) is 0 Å². The largest absolute Gasteiger partial charge is 0.478 e. The molecule has 1 fully saturated rings. The van der Waals surface area contributed by atoms with Gasteiger partial charge in [0.1, 0.15) is 12.4 Å². The van der Waals surface area contributed by atoms with Crippen molar-refractivity contribution in [3.63, 3.8) is 0 Å². The molecule has 224 valence electrons. The third-order valence-electron chi connectivity index (χ3n) is 7.64. The van der Waals surface area contributed by atoms with E-state index in [-0.39, 0.29) is 65.4 Å². The number of carbonyl (C=O) groups is 1. The fourth-order valence-electron chi connectivity index (χ4n) is 5.57. The molecular weight excluding hydrogens is 556 g/mol. The fourth-order valence-corrected chi connectivity index (χ4v) is 5.57. The number of rotatable bonds is 11. The summed E-state index contributed by atoms with van der Waals surface area (Å²) in [7, 11) is 0. The molecule has 3 aromatic rings. The second-order valence-corrected chi connectivity index (χ2v) is 11.3. The Morgan fingerprint density at radius 3 is 2.52 bits per heavy atom. The molecule has 1 saturated carbocycles. The van der Waals surface area contributed by atoms with Crippen molar-refractivity contribution in [3.05, 3.63) is 70.8 Å². The molecule has 7 nitrogen and oxygen atoms in total. The van der Waals surface area contributed by atoms with Gasteiger partial charge in [0.05, 0.1) is 30.3 Å². The number of aliphatic hydroxyl groups is 1. The highest BCUT2D eigenvalue weighted by Crippen LogP contribution is 2.61. The van der Waals surface area contributed by atoms with Crippen LogP contribution in [0, 0.1) is 17.7 Å². The highest BCUT2D eigenvalue weighted by atomic mass is 19.4. The van der Waals surface area contributed by atoms with Crippen LogP contribution in [0.15, 0.2) is 42.7 Å². The molecule has 0 bridgehead atoms. The smallest absolute Gasteiger partial charge is 0.417 e. The van der Waals surface area contributed by atoms with E-state index in [0.29, 0.717) is 25.9 Å². The van der Waals surface area contributed by atoms with E-state index in [1.165, 1.54) is 12.1 Å². The molecule has 1 aromatic carbocycles. The van der Waals surface area contributed by atoms with Crippen LogP contribution in [0.25, 0.3) is 11.1 Å². The van der Waals surface area contributed by atoms with Crippen molar-refractivity contribution in [2.45, 2.75) is 64.3 Å². The standard InChI is InChI=1S/C31H32F4N2O5/c1-4-40-29(38)28-20-11-18-12-25(37-15-22(18)27(20)28)42-16-19-10-17(6-7-24(19)32)21-14-36-26(13-23(21)31(33,34)35)41-9-5-8-30(2,3)39/h6-7,10,12-15,20,27-28,39H,4-5,8-9,11,16H2,1-3H3/t20-,27-,28+/m1/s1. The van der Waals surface area contributed by atoms with Crippen molar-refractivity contribution in [2.75, 3.05) is 13.2 Å². The zero-order chi connectivity index (χ0) is 30.2. The van der Waals surface area contributed by atoms with Crippen LogP contribution in [-0.2, 0) is 28.7 Å². The average molecular weight is 589 g/mol. The van der Waals surface area contributed by atoms with Gasteiger partial charge in [-0.25, -0.2) is 14.4 Å². The number of benzene rings is 1. The van der Waals surface area contributed by atoms with Gasteiger partial charge in [-0.1, -0.05) is 6.07 Å².